The zero-order valence-electron chi connectivity index (χ0n) is 16.0. The number of aryl methyl sites for hydroxylation is 1. The van der Waals surface area contributed by atoms with Gasteiger partial charge in [-0.25, -0.2) is 8.42 Å². The summed E-state index contributed by atoms with van der Waals surface area (Å²) in [7, 11) is -3.32. The highest BCUT2D eigenvalue weighted by molar-refractivity contribution is 7.92. The summed E-state index contributed by atoms with van der Waals surface area (Å²) in [5.74, 6) is 0.669. The molecule has 0 saturated carbocycles. The van der Waals surface area contributed by atoms with Gasteiger partial charge >= 0.3 is 0 Å². The minimum absolute atomic E-state index is 0.0726. The van der Waals surface area contributed by atoms with Crippen LogP contribution in [-0.4, -0.2) is 26.7 Å². The standard InChI is InChI=1S/C20H25ClN2O4S/c1-3-13-28(25,26)23-17-8-6-16(7-9-17)22-20(24)5-4-12-27-18-10-11-19(21)15(2)14-18/h6-11,14,23H,3-5,12-13H2,1-2H3,(H,22,24). The Hall–Kier alpha value is -2.25. The molecule has 2 aromatic rings. The Morgan fingerprint density at radius 1 is 1.11 bits per heavy atom. The van der Waals surface area contributed by atoms with Gasteiger partial charge in [-0.2, -0.15) is 0 Å². The SMILES string of the molecule is CCCS(=O)(=O)Nc1ccc(NC(=O)CCCOc2ccc(Cl)c(C)c2)cc1. The van der Waals surface area contributed by atoms with E-state index in [1.807, 2.05) is 13.0 Å². The van der Waals surface area contributed by atoms with Crippen molar-refractivity contribution >= 4 is 38.9 Å². The summed E-state index contributed by atoms with van der Waals surface area (Å²) in [5, 5.41) is 3.47. The minimum atomic E-state index is -3.32. The van der Waals surface area contributed by atoms with Crippen molar-refractivity contribution in [2.45, 2.75) is 33.1 Å². The average Bonchev–Trinajstić information content (AvgIpc) is 2.63. The van der Waals surface area contributed by atoms with E-state index in [-0.39, 0.29) is 11.7 Å². The maximum Gasteiger partial charge on any atom is 0.232 e. The maximum atomic E-state index is 12.0. The molecule has 2 aromatic carbocycles. The lowest BCUT2D eigenvalue weighted by Crippen LogP contribution is -2.16. The number of carbonyl (C=O) groups is 1. The molecule has 1 amide bonds. The summed E-state index contributed by atoms with van der Waals surface area (Å²) < 4.78 is 31.6. The van der Waals surface area contributed by atoms with E-state index in [0.717, 1.165) is 11.3 Å². The second-order valence-corrected chi connectivity index (χ2v) is 8.66. The van der Waals surface area contributed by atoms with Crippen molar-refractivity contribution in [3.05, 3.63) is 53.1 Å². The van der Waals surface area contributed by atoms with Crippen molar-refractivity contribution in [1.82, 2.24) is 0 Å². The number of amides is 1. The van der Waals surface area contributed by atoms with Gasteiger partial charge in [0.15, 0.2) is 0 Å². The summed E-state index contributed by atoms with van der Waals surface area (Å²) in [6.45, 7) is 4.13. The molecule has 0 saturated heterocycles. The first-order valence-electron chi connectivity index (χ1n) is 9.08. The zero-order chi connectivity index (χ0) is 20.6. The first kappa shape index (κ1) is 22.0. The highest BCUT2D eigenvalue weighted by atomic mass is 35.5. The third kappa shape index (κ3) is 7.40. The van der Waals surface area contributed by atoms with Crippen molar-refractivity contribution in [1.29, 1.82) is 0 Å². The number of sulfonamides is 1. The summed E-state index contributed by atoms with van der Waals surface area (Å²) in [4.78, 5) is 12.0. The summed E-state index contributed by atoms with van der Waals surface area (Å²) >= 11 is 5.97. The van der Waals surface area contributed by atoms with Crippen molar-refractivity contribution in [2.24, 2.45) is 0 Å². The molecule has 0 aromatic heterocycles. The van der Waals surface area contributed by atoms with Gasteiger partial charge in [0.2, 0.25) is 15.9 Å². The quantitative estimate of drug-likeness (QED) is 0.546. The molecular weight excluding hydrogens is 400 g/mol. The predicted molar refractivity (Wildman–Crippen MR) is 114 cm³/mol. The fourth-order valence-electron chi connectivity index (χ4n) is 2.47. The molecule has 2 rings (SSSR count). The number of benzene rings is 2. The van der Waals surface area contributed by atoms with Gasteiger partial charge in [0, 0.05) is 22.8 Å². The van der Waals surface area contributed by atoms with Gasteiger partial charge in [0.05, 0.1) is 12.4 Å². The monoisotopic (exact) mass is 424 g/mol. The molecule has 0 fully saturated rings. The Labute approximate surface area is 171 Å². The molecule has 0 aliphatic rings. The summed E-state index contributed by atoms with van der Waals surface area (Å²) in [6.07, 6.45) is 1.44. The molecule has 2 N–H and O–H groups in total. The third-order valence-corrected chi connectivity index (χ3v) is 5.78. The molecule has 0 aliphatic heterocycles. The molecule has 8 heteroatoms. The van der Waals surface area contributed by atoms with Crippen LogP contribution in [0.2, 0.25) is 5.02 Å². The first-order valence-corrected chi connectivity index (χ1v) is 11.1. The van der Waals surface area contributed by atoms with Crippen LogP contribution in [0.25, 0.3) is 0 Å². The van der Waals surface area contributed by atoms with Gasteiger partial charge in [0.1, 0.15) is 5.75 Å². The molecule has 0 atom stereocenters. The molecule has 0 bridgehead atoms. The molecule has 0 spiro atoms. The van der Waals surface area contributed by atoms with Crippen molar-refractivity contribution < 1.29 is 17.9 Å². The van der Waals surface area contributed by atoms with Crippen molar-refractivity contribution in [3.8, 4) is 5.75 Å². The van der Waals surface area contributed by atoms with E-state index in [0.29, 0.717) is 42.3 Å². The van der Waals surface area contributed by atoms with E-state index in [2.05, 4.69) is 10.0 Å². The highest BCUT2D eigenvalue weighted by Gasteiger charge is 2.09. The van der Waals surface area contributed by atoms with E-state index in [9.17, 15) is 13.2 Å². The van der Waals surface area contributed by atoms with Gasteiger partial charge in [-0.1, -0.05) is 18.5 Å². The van der Waals surface area contributed by atoms with Gasteiger partial charge in [0.25, 0.3) is 0 Å². The number of anilines is 2. The third-order valence-electron chi connectivity index (χ3n) is 3.86. The fraction of sp³-hybridized carbons (Fsp3) is 0.350. The number of rotatable bonds is 10. The number of nitrogens with one attached hydrogen (secondary N) is 2. The number of hydrogen-bond acceptors (Lipinski definition) is 4. The van der Waals surface area contributed by atoms with E-state index < -0.39 is 10.0 Å². The van der Waals surface area contributed by atoms with E-state index in [1.165, 1.54) is 0 Å². The van der Waals surface area contributed by atoms with Crippen LogP contribution in [0.15, 0.2) is 42.5 Å². The normalized spacial score (nSPS) is 11.1. The van der Waals surface area contributed by atoms with Crippen LogP contribution < -0.4 is 14.8 Å². The smallest absolute Gasteiger partial charge is 0.232 e. The Balaban J connectivity index is 1.74. The van der Waals surface area contributed by atoms with E-state index in [1.54, 1.807) is 43.3 Å². The molecule has 152 valence electrons. The topological polar surface area (TPSA) is 84.5 Å². The largest absolute Gasteiger partial charge is 0.494 e. The highest BCUT2D eigenvalue weighted by Crippen LogP contribution is 2.21. The van der Waals surface area contributed by atoms with Gasteiger partial charge in [-0.05, 0) is 67.8 Å². The molecule has 0 heterocycles. The summed E-state index contributed by atoms with van der Waals surface area (Å²) in [5.41, 5.74) is 2.02. The number of ether oxygens (including phenoxy) is 1. The number of halogens is 1. The molecule has 28 heavy (non-hydrogen) atoms. The second-order valence-electron chi connectivity index (χ2n) is 6.41. The summed E-state index contributed by atoms with van der Waals surface area (Å²) in [6, 6.07) is 12.0. The van der Waals surface area contributed by atoms with Crippen LogP contribution in [0.5, 0.6) is 5.75 Å². The lowest BCUT2D eigenvalue weighted by atomic mass is 10.2. The Kier molecular flexibility index (Phi) is 8.14. The van der Waals surface area contributed by atoms with Crippen LogP contribution in [0.4, 0.5) is 11.4 Å². The lowest BCUT2D eigenvalue weighted by Gasteiger charge is -2.10. The van der Waals surface area contributed by atoms with Gasteiger partial charge in [-0.3, -0.25) is 9.52 Å². The average molecular weight is 425 g/mol. The van der Waals surface area contributed by atoms with Crippen LogP contribution in [0.3, 0.4) is 0 Å². The number of carbonyl (C=O) groups excluding carboxylic acids is 1. The maximum absolute atomic E-state index is 12.0. The molecular formula is C20H25ClN2O4S. The van der Waals surface area contributed by atoms with Crippen LogP contribution in [0.1, 0.15) is 31.7 Å². The van der Waals surface area contributed by atoms with E-state index >= 15 is 0 Å². The molecule has 6 nitrogen and oxygen atoms in total. The minimum Gasteiger partial charge on any atom is -0.494 e. The zero-order valence-corrected chi connectivity index (χ0v) is 17.6. The fourth-order valence-corrected chi connectivity index (χ4v) is 3.73. The van der Waals surface area contributed by atoms with Crippen molar-refractivity contribution in [2.75, 3.05) is 22.4 Å². The van der Waals surface area contributed by atoms with E-state index in [4.69, 9.17) is 16.3 Å². The lowest BCUT2D eigenvalue weighted by molar-refractivity contribution is -0.116. The molecule has 0 aliphatic carbocycles. The van der Waals surface area contributed by atoms with Crippen molar-refractivity contribution in [3.63, 3.8) is 0 Å². The Bertz CT molecular complexity index is 899. The van der Waals surface area contributed by atoms with Crippen LogP contribution >= 0.6 is 11.6 Å². The predicted octanol–water partition coefficient (Wildman–Crippen LogP) is 4.60. The first-order chi connectivity index (χ1) is 13.3. The van der Waals surface area contributed by atoms with Gasteiger partial charge in [-0.15, -0.1) is 0 Å². The van der Waals surface area contributed by atoms with Gasteiger partial charge < -0.3 is 10.1 Å². The number of hydrogen-bond donors (Lipinski definition) is 2. The second kappa shape index (κ2) is 10.3. The Morgan fingerprint density at radius 3 is 2.43 bits per heavy atom. The molecule has 0 radical (unpaired) electrons. The van der Waals surface area contributed by atoms with Crippen LogP contribution in [-0.2, 0) is 14.8 Å². The molecule has 0 unspecified atom stereocenters. The Morgan fingerprint density at radius 2 is 1.79 bits per heavy atom. The van der Waals surface area contributed by atoms with Crippen LogP contribution in [0, 0.1) is 6.92 Å².